The molecule has 0 aliphatic rings. The van der Waals surface area contributed by atoms with Gasteiger partial charge in [0.15, 0.2) is 0 Å². The lowest BCUT2D eigenvalue weighted by molar-refractivity contribution is -0.135. The second-order valence-electron chi connectivity index (χ2n) is 5.13. The summed E-state index contributed by atoms with van der Waals surface area (Å²) in [5.41, 5.74) is 1.31. The Kier molecular flexibility index (Phi) is 6.45. The van der Waals surface area contributed by atoms with Crippen LogP contribution in [0.4, 0.5) is 10.1 Å². The number of carboxylic acid groups (broad SMARTS) is 1. The molecule has 0 saturated carbocycles. The summed E-state index contributed by atoms with van der Waals surface area (Å²) in [6, 6.07) is 4.87. The summed E-state index contributed by atoms with van der Waals surface area (Å²) in [6.45, 7) is 3.65. The Morgan fingerprint density at radius 3 is 2.65 bits per heavy atom. The second-order valence-corrected chi connectivity index (χ2v) is 5.13. The van der Waals surface area contributed by atoms with Gasteiger partial charge in [0.25, 0.3) is 0 Å². The Hall–Kier alpha value is -1.62. The molecule has 5 heteroatoms. The zero-order chi connectivity index (χ0) is 15.1. The number of likely N-dealkylation sites (N-methyl/N-ethyl adjacent to an activating group) is 1. The van der Waals surface area contributed by atoms with E-state index in [0.717, 1.165) is 31.5 Å². The summed E-state index contributed by atoms with van der Waals surface area (Å²) in [7, 11) is 3.61. The molecule has 0 heterocycles. The van der Waals surface area contributed by atoms with Crippen LogP contribution in [0.15, 0.2) is 18.2 Å². The van der Waals surface area contributed by atoms with Crippen LogP contribution in [0.1, 0.15) is 25.3 Å². The third-order valence-electron chi connectivity index (χ3n) is 3.14. The molecular weight excluding hydrogens is 259 g/mol. The number of hydrogen-bond acceptors (Lipinski definition) is 3. The van der Waals surface area contributed by atoms with Gasteiger partial charge in [-0.05, 0) is 37.7 Å². The topological polar surface area (TPSA) is 43.8 Å². The molecule has 0 radical (unpaired) electrons. The van der Waals surface area contributed by atoms with Crippen molar-refractivity contribution >= 4 is 11.7 Å². The van der Waals surface area contributed by atoms with Crippen molar-refractivity contribution in [1.29, 1.82) is 0 Å². The SMILES string of the molecule is CCCCN(C)Cc1ccc(F)c(N(C)CC(=O)O)c1. The van der Waals surface area contributed by atoms with Gasteiger partial charge in [0.2, 0.25) is 0 Å². The molecule has 0 fully saturated rings. The predicted molar refractivity (Wildman–Crippen MR) is 78.5 cm³/mol. The van der Waals surface area contributed by atoms with Crippen molar-refractivity contribution in [2.75, 3.05) is 32.1 Å². The fourth-order valence-electron chi connectivity index (χ4n) is 2.06. The molecule has 0 bridgehead atoms. The Bertz CT molecular complexity index is 451. The molecule has 0 aliphatic heterocycles. The second kappa shape index (κ2) is 7.85. The van der Waals surface area contributed by atoms with Crippen LogP contribution < -0.4 is 4.90 Å². The molecule has 4 nitrogen and oxygen atoms in total. The van der Waals surface area contributed by atoms with Crippen molar-refractivity contribution in [2.24, 2.45) is 0 Å². The minimum atomic E-state index is -0.975. The Balaban J connectivity index is 2.77. The van der Waals surface area contributed by atoms with E-state index in [1.807, 2.05) is 7.05 Å². The van der Waals surface area contributed by atoms with E-state index in [1.54, 1.807) is 19.2 Å². The molecule has 0 aromatic heterocycles. The van der Waals surface area contributed by atoms with Gasteiger partial charge in [-0.15, -0.1) is 0 Å². The third-order valence-corrected chi connectivity index (χ3v) is 3.14. The lowest BCUT2D eigenvalue weighted by Crippen LogP contribution is -2.26. The zero-order valence-corrected chi connectivity index (χ0v) is 12.4. The first-order chi connectivity index (χ1) is 9.43. The standard InChI is InChI=1S/C15H23FN2O2/c1-4-5-8-17(2)10-12-6-7-13(16)14(9-12)18(3)11-15(19)20/h6-7,9H,4-5,8,10-11H2,1-3H3,(H,19,20). The lowest BCUT2D eigenvalue weighted by Gasteiger charge is -2.20. The molecule has 1 rings (SSSR count). The highest BCUT2D eigenvalue weighted by molar-refractivity contribution is 5.73. The number of nitrogens with zero attached hydrogens (tertiary/aromatic N) is 2. The largest absolute Gasteiger partial charge is 0.480 e. The molecule has 112 valence electrons. The molecule has 0 aliphatic carbocycles. The molecular formula is C15H23FN2O2. The van der Waals surface area contributed by atoms with Gasteiger partial charge in [-0.1, -0.05) is 19.4 Å². The normalized spacial score (nSPS) is 10.8. The number of hydrogen-bond donors (Lipinski definition) is 1. The number of rotatable bonds is 8. The average molecular weight is 282 g/mol. The predicted octanol–water partition coefficient (Wildman–Crippen LogP) is 2.58. The number of halogens is 1. The number of carbonyl (C=O) groups is 1. The first-order valence-corrected chi connectivity index (χ1v) is 6.84. The van der Waals surface area contributed by atoms with E-state index in [4.69, 9.17) is 5.11 Å². The fourth-order valence-corrected chi connectivity index (χ4v) is 2.06. The molecule has 20 heavy (non-hydrogen) atoms. The van der Waals surface area contributed by atoms with Gasteiger partial charge in [0.1, 0.15) is 12.4 Å². The van der Waals surface area contributed by atoms with E-state index < -0.39 is 11.8 Å². The van der Waals surface area contributed by atoms with Crippen LogP contribution in [0.25, 0.3) is 0 Å². The quantitative estimate of drug-likeness (QED) is 0.796. The van der Waals surface area contributed by atoms with Crippen LogP contribution >= 0.6 is 0 Å². The maximum absolute atomic E-state index is 13.8. The molecule has 0 spiro atoms. The maximum atomic E-state index is 13.8. The lowest BCUT2D eigenvalue weighted by atomic mass is 10.1. The first-order valence-electron chi connectivity index (χ1n) is 6.84. The molecule has 0 amide bonds. The van der Waals surface area contributed by atoms with E-state index in [-0.39, 0.29) is 6.54 Å². The van der Waals surface area contributed by atoms with Crippen molar-refractivity contribution in [3.8, 4) is 0 Å². The molecule has 0 saturated heterocycles. The van der Waals surface area contributed by atoms with E-state index in [1.165, 1.54) is 11.0 Å². The first kappa shape index (κ1) is 16.4. The van der Waals surface area contributed by atoms with Crippen molar-refractivity contribution in [3.05, 3.63) is 29.6 Å². The van der Waals surface area contributed by atoms with Crippen LogP contribution in [0.2, 0.25) is 0 Å². The van der Waals surface area contributed by atoms with E-state index in [0.29, 0.717) is 5.69 Å². The summed E-state index contributed by atoms with van der Waals surface area (Å²) >= 11 is 0. The van der Waals surface area contributed by atoms with Crippen LogP contribution in [0, 0.1) is 5.82 Å². The van der Waals surface area contributed by atoms with Crippen molar-refractivity contribution in [1.82, 2.24) is 4.90 Å². The number of benzene rings is 1. The third kappa shape index (κ3) is 5.17. The highest BCUT2D eigenvalue weighted by atomic mass is 19.1. The van der Waals surface area contributed by atoms with Gasteiger partial charge < -0.3 is 14.9 Å². The van der Waals surface area contributed by atoms with Gasteiger partial charge in [-0.2, -0.15) is 0 Å². The van der Waals surface area contributed by atoms with Crippen LogP contribution in [-0.2, 0) is 11.3 Å². The summed E-state index contributed by atoms with van der Waals surface area (Å²) in [5, 5.41) is 8.78. The highest BCUT2D eigenvalue weighted by Crippen LogP contribution is 2.20. The molecule has 1 aromatic rings. The van der Waals surface area contributed by atoms with Crippen LogP contribution in [0.5, 0.6) is 0 Å². The fraction of sp³-hybridized carbons (Fsp3) is 0.533. The maximum Gasteiger partial charge on any atom is 0.323 e. The number of unbranched alkanes of at least 4 members (excludes halogenated alkanes) is 1. The Labute approximate surface area is 119 Å². The summed E-state index contributed by atoms with van der Waals surface area (Å²) in [4.78, 5) is 14.3. The van der Waals surface area contributed by atoms with Crippen LogP contribution in [0.3, 0.4) is 0 Å². The molecule has 0 atom stereocenters. The van der Waals surface area contributed by atoms with Crippen LogP contribution in [-0.4, -0.2) is 43.2 Å². The summed E-state index contributed by atoms with van der Waals surface area (Å²) < 4.78 is 13.8. The minimum Gasteiger partial charge on any atom is -0.480 e. The number of aliphatic carboxylic acids is 1. The molecule has 0 unspecified atom stereocenters. The van der Waals surface area contributed by atoms with Gasteiger partial charge in [0, 0.05) is 13.6 Å². The minimum absolute atomic E-state index is 0.216. The Morgan fingerprint density at radius 1 is 1.35 bits per heavy atom. The highest BCUT2D eigenvalue weighted by Gasteiger charge is 2.12. The zero-order valence-electron chi connectivity index (χ0n) is 12.4. The number of carboxylic acids is 1. The van der Waals surface area contributed by atoms with Gasteiger partial charge in [-0.25, -0.2) is 4.39 Å². The summed E-state index contributed by atoms with van der Waals surface area (Å²) in [5.74, 6) is -1.37. The number of anilines is 1. The molecule has 1 aromatic carbocycles. The smallest absolute Gasteiger partial charge is 0.323 e. The Morgan fingerprint density at radius 2 is 2.05 bits per heavy atom. The van der Waals surface area contributed by atoms with E-state index >= 15 is 0 Å². The van der Waals surface area contributed by atoms with Crippen molar-refractivity contribution < 1.29 is 14.3 Å². The molecule has 1 N–H and O–H groups in total. The van der Waals surface area contributed by atoms with Gasteiger partial charge in [0.05, 0.1) is 5.69 Å². The van der Waals surface area contributed by atoms with Gasteiger partial charge in [-0.3, -0.25) is 4.79 Å². The summed E-state index contributed by atoms with van der Waals surface area (Å²) in [6.07, 6.45) is 2.27. The van der Waals surface area contributed by atoms with Crippen molar-refractivity contribution in [3.63, 3.8) is 0 Å². The van der Waals surface area contributed by atoms with E-state index in [9.17, 15) is 9.18 Å². The monoisotopic (exact) mass is 282 g/mol. The van der Waals surface area contributed by atoms with E-state index in [2.05, 4.69) is 11.8 Å². The van der Waals surface area contributed by atoms with Crippen molar-refractivity contribution in [2.45, 2.75) is 26.3 Å². The average Bonchev–Trinajstić information content (AvgIpc) is 2.37. The van der Waals surface area contributed by atoms with Gasteiger partial charge >= 0.3 is 5.97 Å².